The highest BCUT2D eigenvalue weighted by molar-refractivity contribution is 7.94. The van der Waals surface area contributed by atoms with Crippen LogP contribution in [0.4, 0.5) is 11.4 Å². The van der Waals surface area contributed by atoms with Crippen molar-refractivity contribution < 1.29 is 50.6 Å². The van der Waals surface area contributed by atoms with Crippen LogP contribution in [0.3, 0.4) is 0 Å². The number of rotatable bonds is 16. The van der Waals surface area contributed by atoms with Crippen LogP contribution >= 0.6 is 34.5 Å². The summed E-state index contributed by atoms with van der Waals surface area (Å²) in [6.45, 7) is 5.08. The van der Waals surface area contributed by atoms with E-state index >= 15 is 0 Å². The lowest BCUT2D eigenvalue weighted by Crippen LogP contribution is -2.56. The Hall–Kier alpha value is -5.38. The first-order valence-corrected chi connectivity index (χ1v) is 25.6. The number of carboxylic acid groups (broad SMARTS) is 1. The molecule has 4 N–H and O–H groups in total. The Bertz CT molecular complexity index is 2770. The summed E-state index contributed by atoms with van der Waals surface area (Å²) in [5.74, 6) is -2.44. The van der Waals surface area contributed by atoms with E-state index in [4.69, 9.17) is 32.7 Å². The van der Waals surface area contributed by atoms with E-state index in [-0.39, 0.29) is 63.9 Å². The van der Waals surface area contributed by atoms with Crippen molar-refractivity contribution in [2.24, 2.45) is 0 Å². The number of halogens is 2. The molecular weight excluding hydrogens is 966 g/mol. The monoisotopic (exact) mass is 1010 g/mol. The molecule has 67 heavy (non-hydrogen) atoms. The first-order valence-electron chi connectivity index (χ1n) is 21.1. The SMILES string of the molecule is CCOC(=O)[C@H](CCc1ccccc1)N[C@@H](C)C(=O)N1Cc2ccccc2C[C@H]1C(=O)O.O=C(Nc1ccc(S(=O)(=O)N2CCOCC2)cc1)c1cc(Cl)ccc1NS(=O)(=O)c1ccc(Cl)s1. The number of hydrogen-bond acceptors (Lipinski definition) is 12. The summed E-state index contributed by atoms with van der Waals surface area (Å²) in [5, 5.41) is 15.7. The van der Waals surface area contributed by atoms with E-state index in [9.17, 15) is 41.1 Å². The number of aliphatic carboxylic acids is 1. The van der Waals surface area contributed by atoms with Crippen LogP contribution in [-0.2, 0) is 63.3 Å². The molecule has 7 rings (SSSR count). The number of nitrogens with zero attached hydrogens (tertiary/aromatic N) is 2. The van der Waals surface area contributed by atoms with Gasteiger partial charge in [0.05, 0.1) is 46.3 Å². The Morgan fingerprint density at radius 1 is 0.881 bits per heavy atom. The number of benzene rings is 4. The number of carbonyl (C=O) groups excluding carboxylic acids is 3. The number of nitrogens with one attached hydrogen (secondary N) is 3. The summed E-state index contributed by atoms with van der Waals surface area (Å²) in [7, 11) is -7.66. The van der Waals surface area contributed by atoms with Gasteiger partial charge in [0.15, 0.2) is 0 Å². The normalized spacial score (nSPS) is 16.1. The summed E-state index contributed by atoms with van der Waals surface area (Å²) in [4.78, 5) is 52.1. The number of carboxylic acids is 1. The molecule has 356 valence electrons. The third-order valence-corrected chi connectivity index (χ3v) is 16.0. The number of esters is 1. The maximum atomic E-state index is 13.3. The number of hydrogen-bond donors (Lipinski definition) is 4. The van der Waals surface area contributed by atoms with Crippen LogP contribution in [0.1, 0.15) is 47.3 Å². The van der Waals surface area contributed by atoms with Crippen LogP contribution in [0, 0.1) is 0 Å². The maximum absolute atomic E-state index is 13.3. The summed E-state index contributed by atoms with van der Waals surface area (Å²) in [6, 6.07) is 27.6. The number of thiophene rings is 1. The molecule has 16 nitrogen and oxygen atoms in total. The number of sulfonamides is 2. The van der Waals surface area contributed by atoms with Crippen LogP contribution < -0.4 is 15.4 Å². The minimum absolute atomic E-state index is 0.0131. The van der Waals surface area contributed by atoms with E-state index < -0.39 is 56.0 Å². The van der Waals surface area contributed by atoms with E-state index in [2.05, 4.69) is 15.4 Å². The number of ether oxygens (including phenoxy) is 2. The van der Waals surface area contributed by atoms with Crippen molar-refractivity contribution in [2.45, 2.75) is 66.9 Å². The Balaban J connectivity index is 0.000000222. The van der Waals surface area contributed by atoms with Gasteiger partial charge >= 0.3 is 11.9 Å². The topological polar surface area (TPSA) is 218 Å². The van der Waals surface area contributed by atoms with Crippen molar-refractivity contribution in [1.82, 2.24) is 14.5 Å². The molecule has 0 saturated carbocycles. The number of aryl methyl sites for hydroxylation is 1. The first-order chi connectivity index (χ1) is 32.0. The number of morpholine rings is 1. The molecule has 2 aliphatic heterocycles. The molecule has 4 aromatic carbocycles. The highest BCUT2D eigenvalue weighted by atomic mass is 35.5. The van der Waals surface area contributed by atoms with Crippen molar-refractivity contribution >= 4 is 89.7 Å². The number of anilines is 2. The second kappa shape index (κ2) is 23.1. The van der Waals surface area contributed by atoms with Crippen molar-refractivity contribution in [3.8, 4) is 0 Å². The number of amides is 2. The molecule has 21 heteroatoms. The van der Waals surface area contributed by atoms with Crippen LogP contribution in [0.15, 0.2) is 118 Å². The van der Waals surface area contributed by atoms with Gasteiger partial charge in [-0.1, -0.05) is 77.8 Å². The smallest absolute Gasteiger partial charge is 0.326 e. The molecule has 0 unspecified atom stereocenters. The average molecular weight is 1020 g/mol. The summed E-state index contributed by atoms with van der Waals surface area (Å²) in [6.07, 6.45) is 1.37. The molecular formula is C46H49Cl2N5O11S3. The van der Waals surface area contributed by atoms with Crippen LogP contribution in [-0.4, -0.2) is 106 Å². The van der Waals surface area contributed by atoms with Gasteiger partial charge in [-0.2, -0.15) is 4.31 Å². The minimum Gasteiger partial charge on any atom is -0.480 e. The van der Waals surface area contributed by atoms with Crippen molar-refractivity contribution in [2.75, 3.05) is 42.9 Å². The predicted molar refractivity (Wildman–Crippen MR) is 255 cm³/mol. The predicted octanol–water partition coefficient (Wildman–Crippen LogP) is 6.70. The third-order valence-electron chi connectivity index (χ3n) is 10.8. The largest absolute Gasteiger partial charge is 0.480 e. The van der Waals surface area contributed by atoms with Crippen molar-refractivity contribution in [3.05, 3.63) is 141 Å². The average Bonchev–Trinajstić information content (AvgIpc) is 3.78. The standard InChI is InChI=1S/C25H30N2O5.C21H19Cl2N3O6S3/c1-3-32-25(31)21(14-13-18-9-5-4-6-10-18)26-17(2)23(28)27-16-20-12-8-7-11-19(20)15-22(27)24(29)30;22-14-1-6-18(25-34(28,29)20-8-7-19(23)33-20)17(13-14)21(27)24-15-2-4-16(5-3-15)35(30,31)26-9-11-32-12-10-26/h4-12,17,21-22,26H,3,13-16H2,1-2H3,(H,29,30);1-8,13,25H,9-12H2,(H,24,27)/t17-,21-,22-;/m0./s1. The van der Waals surface area contributed by atoms with Gasteiger partial charge in [-0.3, -0.25) is 24.4 Å². The molecule has 0 aliphatic carbocycles. The van der Waals surface area contributed by atoms with E-state index in [0.717, 1.165) is 28.0 Å². The fourth-order valence-electron chi connectivity index (χ4n) is 7.34. The van der Waals surface area contributed by atoms with E-state index in [0.29, 0.717) is 36.1 Å². The van der Waals surface area contributed by atoms with Crippen LogP contribution in [0.5, 0.6) is 0 Å². The van der Waals surface area contributed by atoms with Gasteiger partial charge in [-0.25, -0.2) is 21.6 Å². The zero-order valence-corrected chi connectivity index (χ0v) is 40.4. The minimum atomic E-state index is -3.99. The molecule has 3 atom stereocenters. The highest BCUT2D eigenvalue weighted by Gasteiger charge is 2.37. The summed E-state index contributed by atoms with van der Waals surface area (Å²) >= 11 is 12.8. The summed E-state index contributed by atoms with van der Waals surface area (Å²) in [5.41, 5.74) is 3.28. The van der Waals surface area contributed by atoms with Crippen molar-refractivity contribution in [1.29, 1.82) is 0 Å². The van der Waals surface area contributed by atoms with Gasteiger partial charge in [0.25, 0.3) is 15.9 Å². The first kappa shape index (κ1) is 51.0. The van der Waals surface area contributed by atoms with E-state index in [1.807, 2.05) is 54.6 Å². The molecule has 3 heterocycles. The lowest BCUT2D eigenvalue weighted by molar-refractivity contribution is -0.153. The van der Waals surface area contributed by atoms with Gasteiger partial charge < -0.3 is 24.8 Å². The quantitative estimate of drug-likeness (QED) is 0.0760. The maximum Gasteiger partial charge on any atom is 0.326 e. The molecule has 5 aromatic rings. The zero-order chi connectivity index (χ0) is 48.3. The lowest BCUT2D eigenvalue weighted by atomic mass is 9.93. The molecule has 2 aliphatic rings. The van der Waals surface area contributed by atoms with Gasteiger partial charge in [0, 0.05) is 36.8 Å². The molecule has 1 aromatic heterocycles. The van der Waals surface area contributed by atoms with Gasteiger partial charge in [-0.05, 0) is 98.0 Å². The Labute approximate surface area is 403 Å². The molecule has 0 spiro atoms. The Morgan fingerprint density at radius 3 is 2.19 bits per heavy atom. The van der Waals surface area contributed by atoms with Gasteiger partial charge in [-0.15, -0.1) is 11.3 Å². The zero-order valence-electron chi connectivity index (χ0n) is 36.4. The molecule has 1 fully saturated rings. The Morgan fingerprint density at radius 2 is 1.55 bits per heavy atom. The molecule has 0 radical (unpaired) electrons. The van der Waals surface area contributed by atoms with E-state index in [1.54, 1.807) is 13.8 Å². The van der Waals surface area contributed by atoms with Gasteiger partial charge in [0.2, 0.25) is 15.9 Å². The lowest BCUT2D eigenvalue weighted by Gasteiger charge is -2.36. The highest BCUT2D eigenvalue weighted by Crippen LogP contribution is 2.30. The van der Waals surface area contributed by atoms with Crippen LogP contribution in [0.2, 0.25) is 9.36 Å². The second-order valence-corrected chi connectivity index (χ2v) is 21.4. The number of carbonyl (C=O) groups is 4. The van der Waals surface area contributed by atoms with E-state index in [1.165, 1.54) is 63.8 Å². The molecule has 2 amide bonds. The third kappa shape index (κ3) is 13.4. The number of fused-ring (bicyclic) bond motifs is 1. The summed E-state index contributed by atoms with van der Waals surface area (Å²) < 4.78 is 65.4. The molecule has 1 saturated heterocycles. The van der Waals surface area contributed by atoms with Crippen molar-refractivity contribution in [3.63, 3.8) is 0 Å². The second-order valence-electron chi connectivity index (χ2n) is 15.4. The van der Waals surface area contributed by atoms with Crippen LogP contribution in [0.25, 0.3) is 0 Å². The fourth-order valence-corrected chi connectivity index (χ4v) is 11.5. The Kier molecular flexibility index (Phi) is 17.6. The fraction of sp³-hybridized carbons (Fsp3) is 0.304. The van der Waals surface area contributed by atoms with Gasteiger partial charge in [0.1, 0.15) is 16.3 Å². The molecule has 0 bridgehead atoms.